The number of carbonyl (C=O) groups excluding carboxylic acids is 1. The molecular weight excluding hydrogens is 238 g/mol. The summed E-state index contributed by atoms with van der Waals surface area (Å²) in [6.45, 7) is 6.61. The van der Waals surface area contributed by atoms with Gasteiger partial charge in [0.05, 0.1) is 6.61 Å². The lowest BCUT2D eigenvalue weighted by molar-refractivity contribution is 0.0717. The number of piperidine rings is 1. The summed E-state index contributed by atoms with van der Waals surface area (Å²) in [4.78, 5) is 12.8. The average molecular weight is 261 g/mol. The van der Waals surface area contributed by atoms with Gasteiger partial charge in [0.1, 0.15) is 5.75 Å². The molecule has 1 fully saturated rings. The van der Waals surface area contributed by atoms with E-state index in [2.05, 4.69) is 12.2 Å². The molecule has 0 aromatic heterocycles. The van der Waals surface area contributed by atoms with E-state index in [1.54, 1.807) is 0 Å². The molecule has 0 aliphatic carbocycles. The summed E-state index contributed by atoms with van der Waals surface area (Å²) >= 11 is 0. The molecule has 0 spiro atoms. The molecule has 1 N–H and O–H groups in total. The monoisotopic (exact) mass is 261 g/mol. The van der Waals surface area contributed by atoms with Crippen molar-refractivity contribution in [1.29, 1.82) is 0 Å². The highest BCUT2D eigenvalue weighted by atomic mass is 16.5. The Morgan fingerprint density at radius 3 is 2.37 bits per heavy atom. The summed E-state index contributed by atoms with van der Waals surface area (Å²) in [5.74, 6) is 1.12. The van der Waals surface area contributed by atoms with Crippen molar-refractivity contribution in [2.75, 3.05) is 19.7 Å². The number of hydrogen-bond donors (Lipinski definition) is 1. The average Bonchev–Trinajstić information content (AvgIpc) is 2.48. The van der Waals surface area contributed by atoms with Crippen molar-refractivity contribution in [2.24, 2.45) is 5.41 Å². The van der Waals surface area contributed by atoms with Crippen molar-refractivity contribution >= 4 is 5.78 Å². The number of Topliss-reactive ketones (excluding diaryl/α,β-unsaturated/α-hetero) is 1. The van der Waals surface area contributed by atoms with Crippen LogP contribution in [0, 0.1) is 5.41 Å². The highest BCUT2D eigenvalue weighted by Crippen LogP contribution is 2.36. The van der Waals surface area contributed by atoms with Crippen LogP contribution in [-0.2, 0) is 0 Å². The first-order valence-corrected chi connectivity index (χ1v) is 7.20. The summed E-state index contributed by atoms with van der Waals surface area (Å²) < 4.78 is 5.42. The summed E-state index contributed by atoms with van der Waals surface area (Å²) in [5.41, 5.74) is 0.644. The van der Waals surface area contributed by atoms with Crippen LogP contribution in [0.15, 0.2) is 24.3 Å². The Morgan fingerprint density at radius 2 is 1.84 bits per heavy atom. The molecule has 1 aromatic carbocycles. The van der Waals surface area contributed by atoms with Crippen LogP contribution in [0.1, 0.15) is 43.5 Å². The van der Waals surface area contributed by atoms with Gasteiger partial charge >= 0.3 is 0 Å². The third-order valence-corrected chi connectivity index (χ3v) is 4.15. The van der Waals surface area contributed by atoms with Crippen molar-refractivity contribution < 1.29 is 9.53 Å². The lowest BCUT2D eigenvalue weighted by atomic mass is 9.71. The molecule has 1 aromatic rings. The van der Waals surface area contributed by atoms with Crippen LogP contribution in [0.4, 0.5) is 0 Å². The van der Waals surface area contributed by atoms with Crippen LogP contribution in [0.2, 0.25) is 0 Å². The van der Waals surface area contributed by atoms with Crippen molar-refractivity contribution in [3.8, 4) is 5.75 Å². The zero-order valence-corrected chi connectivity index (χ0v) is 11.9. The summed E-state index contributed by atoms with van der Waals surface area (Å²) in [6, 6.07) is 7.57. The van der Waals surface area contributed by atoms with Crippen molar-refractivity contribution in [3.05, 3.63) is 29.8 Å². The van der Waals surface area contributed by atoms with E-state index < -0.39 is 0 Å². The van der Waals surface area contributed by atoms with Gasteiger partial charge in [-0.15, -0.1) is 0 Å². The van der Waals surface area contributed by atoms with E-state index in [9.17, 15) is 4.79 Å². The fraction of sp³-hybridized carbons (Fsp3) is 0.562. The maximum Gasteiger partial charge on any atom is 0.169 e. The first-order valence-electron chi connectivity index (χ1n) is 7.20. The maximum atomic E-state index is 12.8. The molecule has 3 nitrogen and oxygen atoms in total. The molecule has 0 atom stereocenters. The molecule has 3 heteroatoms. The Hall–Kier alpha value is -1.35. The van der Waals surface area contributed by atoms with E-state index in [4.69, 9.17) is 4.74 Å². The number of rotatable bonds is 5. The first-order chi connectivity index (χ1) is 9.22. The third kappa shape index (κ3) is 2.98. The van der Waals surface area contributed by atoms with E-state index >= 15 is 0 Å². The lowest BCUT2D eigenvalue weighted by Gasteiger charge is -2.35. The first kappa shape index (κ1) is 14.1. The Kier molecular flexibility index (Phi) is 4.59. The molecule has 1 aliphatic heterocycles. The molecule has 0 bridgehead atoms. The SMILES string of the molecule is CCOc1ccc(C(=O)C2(CC)CCNCC2)cc1. The normalized spacial score (nSPS) is 18.0. The van der Waals surface area contributed by atoms with Gasteiger partial charge in [-0.25, -0.2) is 0 Å². The van der Waals surface area contributed by atoms with Crippen LogP contribution in [0.25, 0.3) is 0 Å². The fourth-order valence-corrected chi connectivity index (χ4v) is 2.82. The molecule has 1 saturated heterocycles. The van der Waals surface area contributed by atoms with Gasteiger partial charge in [0.2, 0.25) is 0 Å². The second-order valence-corrected chi connectivity index (χ2v) is 5.17. The van der Waals surface area contributed by atoms with Crippen LogP contribution in [0.3, 0.4) is 0 Å². The van der Waals surface area contributed by atoms with Gasteiger partial charge in [-0.3, -0.25) is 4.79 Å². The van der Waals surface area contributed by atoms with Crippen LogP contribution in [-0.4, -0.2) is 25.5 Å². The molecule has 0 radical (unpaired) electrons. The molecule has 2 rings (SSSR count). The zero-order valence-electron chi connectivity index (χ0n) is 11.9. The summed E-state index contributed by atoms with van der Waals surface area (Å²) in [5, 5.41) is 3.33. The number of ketones is 1. The number of carbonyl (C=O) groups is 1. The van der Waals surface area contributed by atoms with Gasteiger partial charge in [-0.1, -0.05) is 6.92 Å². The molecule has 1 heterocycles. The van der Waals surface area contributed by atoms with E-state index in [0.717, 1.165) is 43.7 Å². The fourth-order valence-electron chi connectivity index (χ4n) is 2.82. The Morgan fingerprint density at radius 1 is 1.21 bits per heavy atom. The van der Waals surface area contributed by atoms with Crippen LogP contribution < -0.4 is 10.1 Å². The standard InChI is InChI=1S/C16H23NO2/c1-3-16(9-11-17-12-10-16)15(18)13-5-7-14(8-6-13)19-4-2/h5-8,17H,3-4,9-12H2,1-2H3. The van der Waals surface area contributed by atoms with E-state index in [1.807, 2.05) is 31.2 Å². The van der Waals surface area contributed by atoms with Gasteiger partial charge in [0.15, 0.2) is 5.78 Å². The molecule has 19 heavy (non-hydrogen) atoms. The second-order valence-electron chi connectivity index (χ2n) is 5.17. The predicted octanol–water partition coefficient (Wildman–Crippen LogP) is 3.05. The predicted molar refractivity (Wildman–Crippen MR) is 76.8 cm³/mol. The number of nitrogens with one attached hydrogen (secondary N) is 1. The second kappa shape index (κ2) is 6.20. The highest BCUT2D eigenvalue weighted by Gasteiger charge is 2.37. The molecule has 0 saturated carbocycles. The van der Waals surface area contributed by atoms with Gasteiger partial charge in [-0.05, 0) is 63.5 Å². The Bertz CT molecular complexity index is 419. The minimum atomic E-state index is -0.168. The highest BCUT2D eigenvalue weighted by molar-refractivity contribution is 6.00. The van der Waals surface area contributed by atoms with E-state index in [-0.39, 0.29) is 5.41 Å². The van der Waals surface area contributed by atoms with Gasteiger partial charge in [0, 0.05) is 11.0 Å². The van der Waals surface area contributed by atoms with Crippen LogP contribution in [0.5, 0.6) is 5.75 Å². The zero-order chi connectivity index (χ0) is 13.7. The van der Waals surface area contributed by atoms with Crippen molar-refractivity contribution in [2.45, 2.75) is 33.1 Å². The number of ether oxygens (including phenoxy) is 1. The quantitative estimate of drug-likeness (QED) is 0.828. The Labute approximate surface area is 115 Å². The third-order valence-electron chi connectivity index (χ3n) is 4.15. The largest absolute Gasteiger partial charge is 0.494 e. The maximum absolute atomic E-state index is 12.8. The molecule has 104 valence electrons. The lowest BCUT2D eigenvalue weighted by Crippen LogP contribution is -2.41. The smallest absolute Gasteiger partial charge is 0.169 e. The summed E-state index contributed by atoms with van der Waals surface area (Å²) in [7, 11) is 0. The minimum Gasteiger partial charge on any atom is -0.494 e. The van der Waals surface area contributed by atoms with E-state index in [1.165, 1.54) is 0 Å². The van der Waals surface area contributed by atoms with Crippen molar-refractivity contribution in [1.82, 2.24) is 5.32 Å². The number of benzene rings is 1. The summed E-state index contributed by atoms with van der Waals surface area (Å²) in [6.07, 6.45) is 2.80. The van der Waals surface area contributed by atoms with Crippen molar-refractivity contribution in [3.63, 3.8) is 0 Å². The minimum absolute atomic E-state index is 0.168. The van der Waals surface area contributed by atoms with Gasteiger partial charge < -0.3 is 10.1 Å². The topological polar surface area (TPSA) is 38.3 Å². The molecule has 0 amide bonds. The van der Waals surface area contributed by atoms with Crippen LogP contribution >= 0.6 is 0 Å². The molecule has 1 aliphatic rings. The van der Waals surface area contributed by atoms with Gasteiger partial charge in [-0.2, -0.15) is 0 Å². The molecule has 0 unspecified atom stereocenters. The van der Waals surface area contributed by atoms with E-state index in [0.29, 0.717) is 12.4 Å². The number of hydrogen-bond acceptors (Lipinski definition) is 3. The Balaban J connectivity index is 2.17. The van der Waals surface area contributed by atoms with Gasteiger partial charge in [0.25, 0.3) is 0 Å². The molecular formula is C16H23NO2.